The van der Waals surface area contributed by atoms with Crippen molar-refractivity contribution >= 4 is 29.3 Å². The Morgan fingerprint density at radius 1 is 1.16 bits per heavy atom. The molecule has 1 aliphatic heterocycles. The molecule has 1 atom stereocenters. The Labute approximate surface area is 223 Å². The van der Waals surface area contributed by atoms with E-state index in [1.807, 2.05) is 5.01 Å². The van der Waals surface area contributed by atoms with E-state index in [4.69, 9.17) is 21.4 Å². The summed E-state index contributed by atoms with van der Waals surface area (Å²) in [5.74, 6) is -0.568. The van der Waals surface area contributed by atoms with Crippen molar-refractivity contribution in [3.8, 4) is 5.75 Å². The summed E-state index contributed by atoms with van der Waals surface area (Å²) >= 11 is 1.26. The highest BCUT2D eigenvalue weighted by atomic mass is 32.2. The molecule has 0 radical (unpaired) electrons. The van der Waals surface area contributed by atoms with E-state index >= 15 is 0 Å². The molecule has 10 heteroatoms. The number of nitrogen functional groups attached to an aromatic ring is 1. The normalized spacial score (nSPS) is 16.2. The van der Waals surface area contributed by atoms with Gasteiger partial charge in [0, 0.05) is 53.3 Å². The van der Waals surface area contributed by atoms with Crippen LogP contribution in [0.25, 0.3) is 0 Å². The zero-order valence-electron chi connectivity index (χ0n) is 21.4. The first-order valence-electron chi connectivity index (χ1n) is 12.2. The molecular weight excluding hydrogens is 495 g/mol. The second-order valence-electron chi connectivity index (χ2n) is 8.66. The van der Waals surface area contributed by atoms with Crippen LogP contribution in [0.15, 0.2) is 60.5 Å². The van der Waals surface area contributed by atoms with Crippen molar-refractivity contribution in [2.24, 2.45) is 5.92 Å². The molecule has 2 fully saturated rings. The summed E-state index contributed by atoms with van der Waals surface area (Å²) in [5.41, 5.74) is 6.15. The second kappa shape index (κ2) is 17.5. The zero-order valence-corrected chi connectivity index (χ0v) is 22.2. The summed E-state index contributed by atoms with van der Waals surface area (Å²) in [5, 5.41) is 36.9. The Morgan fingerprint density at radius 3 is 2.22 bits per heavy atom. The molecule has 0 aromatic heterocycles. The van der Waals surface area contributed by atoms with E-state index in [-0.39, 0.29) is 30.0 Å². The monoisotopic (exact) mass is 534 g/mol. The predicted molar refractivity (Wildman–Crippen MR) is 147 cm³/mol. The first-order chi connectivity index (χ1) is 17.7. The first kappa shape index (κ1) is 32.1. The van der Waals surface area contributed by atoms with Gasteiger partial charge >= 0.3 is 5.97 Å². The van der Waals surface area contributed by atoms with Crippen LogP contribution in [0.3, 0.4) is 0 Å². The number of phenols is 1. The molecule has 2 aromatic rings. The van der Waals surface area contributed by atoms with E-state index < -0.39 is 11.8 Å². The number of hydrogen-bond donors (Lipinski definition) is 5. The lowest BCUT2D eigenvalue weighted by Gasteiger charge is -2.23. The Bertz CT molecular complexity index is 969. The quantitative estimate of drug-likeness (QED) is 0.0912. The third-order valence-corrected chi connectivity index (χ3v) is 6.47. The first-order valence-corrected chi connectivity index (χ1v) is 13.0. The molecule has 204 valence electrons. The number of rotatable bonds is 7. The molecule has 0 bridgehead atoms. The number of hydrazine groups is 1. The summed E-state index contributed by atoms with van der Waals surface area (Å²) in [6.45, 7) is 9.96. The average Bonchev–Trinajstić information content (AvgIpc) is 3.26. The minimum absolute atomic E-state index is 0.0885. The van der Waals surface area contributed by atoms with E-state index in [1.54, 1.807) is 24.3 Å². The van der Waals surface area contributed by atoms with Gasteiger partial charge < -0.3 is 21.4 Å². The fourth-order valence-corrected chi connectivity index (χ4v) is 3.86. The highest BCUT2D eigenvalue weighted by Gasteiger charge is 2.24. The number of aliphatic carboxylic acids is 1. The molecule has 0 amide bonds. The molecule has 2 aromatic carbocycles. The highest BCUT2D eigenvalue weighted by Crippen LogP contribution is 2.27. The van der Waals surface area contributed by atoms with Crippen LogP contribution < -0.4 is 5.73 Å². The Hall–Kier alpha value is -2.92. The van der Waals surface area contributed by atoms with Crippen LogP contribution in [0.5, 0.6) is 5.75 Å². The molecule has 1 heterocycles. The Morgan fingerprint density at radius 2 is 1.76 bits per heavy atom. The van der Waals surface area contributed by atoms with Crippen molar-refractivity contribution in [2.75, 3.05) is 18.8 Å². The van der Waals surface area contributed by atoms with Crippen LogP contribution in [0.2, 0.25) is 0 Å². The smallest absolute Gasteiger partial charge is 0.303 e. The number of nitrogens with one attached hydrogen (secondary N) is 1. The second-order valence-corrected chi connectivity index (χ2v) is 9.64. The van der Waals surface area contributed by atoms with Crippen molar-refractivity contribution in [3.05, 3.63) is 67.0 Å². The van der Waals surface area contributed by atoms with Crippen molar-refractivity contribution in [2.45, 2.75) is 56.8 Å². The number of aromatic hydroxyl groups is 1. The van der Waals surface area contributed by atoms with Gasteiger partial charge in [-0.2, -0.15) is 0 Å². The average molecular weight is 535 g/mol. The van der Waals surface area contributed by atoms with Gasteiger partial charge in [-0.15, -0.1) is 13.2 Å². The van der Waals surface area contributed by atoms with Gasteiger partial charge in [0.15, 0.2) is 0 Å². The van der Waals surface area contributed by atoms with Crippen LogP contribution in [0.4, 0.5) is 10.1 Å². The van der Waals surface area contributed by atoms with E-state index in [0.29, 0.717) is 11.5 Å². The molecule has 8 nitrogen and oxygen atoms in total. The lowest BCUT2D eigenvalue weighted by molar-refractivity contribution is -0.147. The van der Waals surface area contributed by atoms with Crippen LogP contribution >= 0.6 is 11.9 Å². The van der Waals surface area contributed by atoms with Crippen molar-refractivity contribution < 1.29 is 24.6 Å². The lowest BCUT2D eigenvalue weighted by atomic mass is 10.0. The largest absolute Gasteiger partial charge is 0.508 e. The third kappa shape index (κ3) is 12.7. The van der Waals surface area contributed by atoms with Gasteiger partial charge in [0.05, 0.1) is 6.42 Å². The number of halogens is 1. The Balaban J connectivity index is 0.000000304. The summed E-state index contributed by atoms with van der Waals surface area (Å²) in [6, 6.07) is 10.5. The summed E-state index contributed by atoms with van der Waals surface area (Å²) in [7, 11) is 0. The highest BCUT2D eigenvalue weighted by molar-refractivity contribution is 7.96. The maximum absolute atomic E-state index is 12.7. The van der Waals surface area contributed by atoms with Gasteiger partial charge in [0.25, 0.3) is 0 Å². The number of carboxylic acids is 1. The fraction of sp³-hybridized carbons (Fsp3) is 0.407. The number of carboxylic acid groups (broad SMARTS) is 1. The number of nitrogens with two attached hydrogens (primary N) is 1. The van der Waals surface area contributed by atoms with E-state index in [2.05, 4.69) is 20.1 Å². The molecule has 2 aliphatic rings. The standard InChI is InChI=1S/C11H16N2O2S.C10H11FN2O2.C4H8.C2H4/c1-9-6-7-12(8-9)13(15)16-11-4-2-10(14)3-5-11;11-6-1-2-7(9(13)5-6)8(12)3-4-10(14)15;1-2-4-3-1;1-2/h2-5,9,14-15H,6-8H2,1H3;1-2,5,12H,3-4,13H2,(H,14,15);1-4H2;1-2H2/t9-;;;/m1.../s1. The summed E-state index contributed by atoms with van der Waals surface area (Å²) in [6.07, 6.45) is 7.08. The van der Waals surface area contributed by atoms with E-state index in [1.165, 1.54) is 54.3 Å². The Kier molecular flexibility index (Phi) is 15.2. The summed E-state index contributed by atoms with van der Waals surface area (Å²) in [4.78, 5) is 11.2. The molecular formula is C27H39FN4O4S. The molecule has 4 rings (SSSR count). The molecule has 6 N–H and O–H groups in total. The third-order valence-electron chi connectivity index (χ3n) is 5.60. The number of anilines is 1. The molecule has 37 heavy (non-hydrogen) atoms. The van der Waals surface area contributed by atoms with Gasteiger partial charge in [-0.3, -0.25) is 10.0 Å². The van der Waals surface area contributed by atoms with Gasteiger partial charge in [0.2, 0.25) is 0 Å². The number of carbonyl (C=O) groups is 1. The van der Waals surface area contributed by atoms with Crippen LogP contribution in [-0.2, 0) is 4.79 Å². The minimum Gasteiger partial charge on any atom is -0.508 e. The number of hydrogen-bond acceptors (Lipinski definition) is 8. The number of nitrogens with zero attached hydrogens (tertiary/aromatic N) is 2. The molecule has 1 saturated heterocycles. The SMILES string of the molecule is C1CCC1.C=C.C[C@@H]1CCN(N(O)Sc2ccc(O)cc2)C1.N=C(CCC(=O)O)c1ccc(F)cc1N. The van der Waals surface area contributed by atoms with E-state index in [9.17, 15) is 14.4 Å². The molecule has 1 saturated carbocycles. The zero-order chi connectivity index (χ0) is 27.8. The lowest BCUT2D eigenvalue weighted by Crippen LogP contribution is -2.33. The van der Waals surface area contributed by atoms with Crippen molar-refractivity contribution in [3.63, 3.8) is 0 Å². The predicted octanol–water partition coefficient (Wildman–Crippen LogP) is 6.35. The van der Waals surface area contributed by atoms with Crippen LogP contribution in [0.1, 0.15) is 57.4 Å². The van der Waals surface area contributed by atoms with Crippen LogP contribution in [-0.4, -0.2) is 49.8 Å². The fourth-order valence-electron chi connectivity index (χ4n) is 3.15. The van der Waals surface area contributed by atoms with Crippen molar-refractivity contribution in [1.29, 1.82) is 5.41 Å². The molecule has 0 spiro atoms. The minimum atomic E-state index is -0.972. The van der Waals surface area contributed by atoms with Gasteiger partial charge in [-0.1, -0.05) is 37.2 Å². The maximum Gasteiger partial charge on any atom is 0.303 e. The maximum atomic E-state index is 12.7. The van der Waals surface area contributed by atoms with E-state index in [0.717, 1.165) is 30.5 Å². The summed E-state index contributed by atoms with van der Waals surface area (Å²) < 4.78 is 13.9. The van der Waals surface area contributed by atoms with Gasteiger partial charge in [-0.25, -0.2) is 9.40 Å². The topological polar surface area (TPSA) is 134 Å². The number of phenolic OH excluding ortho intramolecular Hbond substituents is 1. The van der Waals surface area contributed by atoms with Gasteiger partial charge in [0.1, 0.15) is 11.6 Å². The van der Waals surface area contributed by atoms with Gasteiger partial charge in [-0.05, 0) is 54.8 Å². The molecule has 1 aliphatic carbocycles. The molecule has 0 unspecified atom stereocenters. The van der Waals surface area contributed by atoms with Crippen LogP contribution in [0, 0.1) is 17.1 Å². The van der Waals surface area contributed by atoms with Crippen molar-refractivity contribution in [1.82, 2.24) is 9.59 Å². The number of benzene rings is 2.